The third kappa shape index (κ3) is 3.59. The van der Waals surface area contributed by atoms with Crippen LogP contribution in [0.25, 0.3) is 0 Å². The molecule has 1 nitrogen and oxygen atoms in total. The normalized spacial score (nSPS) is 12.5. The van der Waals surface area contributed by atoms with Crippen LogP contribution in [0.3, 0.4) is 0 Å². The molecule has 0 aliphatic carbocycles. The van der Waals surface area contributed by atoms with Crippen LogP contribution in [0.15, 0.2) is 28.1 Å². The molecule has 0 radical (unpaired) electrons. The molecule has 0 amide bonds. The zero-order valence-electron chi connectivity index (χ0n) is 9.92. The number of halogens is 4. The van der Waals surface area contributed by atoms with E-state index < -0.39 is 0 Å². The number of hydrogen-bond acceptors (Lipinski definition) is 2. The van der Waals surface area contributed by atoms with E-state index in [1.807, 2.05) is 19.1 Å². The summed E-state index contributed by atoms with van der Waals surface area (Å²) in [5.41, 5.74) is 0.783. The van der Waals surface area contributed by atoms with Gasteiger partial charge in [0.2, 0.25) is 0 Å². The predicted molar refractivity (Wildman–Crippen MR) is 87.3 cm³/mol. The number of ether oxygens (including phenoxy) is 1. The first-order valence-electron chi connectivity index (χ1n) is 5.54. The van der Waals surface area contributed by atoms with Crippen LogP contribution in [0.1, 0.15) is 22.7 Å². The summed E-state index contributed by atoms with van der Waals surface area (Å²) in [6, 6.07) is 7.40. The summed E-state index contributed by atoms with van der Waals surface area (Å²) in [6.45, 7) is 2.43. The molecule has 0 N–H and O–H groups in total. The van der Waals surface area contributed by atoms with Crippen molar-refractivity contribution in [3.05, 3.63) is 48.5 Å². The van der Waals surface area contributed by atoms with Crippen molar-refractivity contribution in [1.29, 1.82) is 0 Å². The van der Waals surface area contributed by atoms with E-state index in [1.165, 1.54) is 0 Å². The minimum Gasteiger partial charge on any atom is -0.492 e. The lowest BCUT2D eigenvalue weighted by Gasteiger charge is -2.13. The Bertz CT molecular complexity index is 585. The van der Waals surface area contributed by atoms with Crippen molar-refractivity contribution in [2.45, 2.75) is 12.3 Å². The van der Waals surface area contributed by atoms with Gasteiger partial charge < -0.3 is 4.74 Å². The van der Waals surface area contributed by atoms with E-state index in [0.717, 1.165) is 14.2 Å². The maximum atomic E-state index is 6.46. The molecule has 1 aromatic carbocycles. The zero-order chi connectivity index (χ0) is 14.0. The quantitative estimate of drug-likeness (QED) is 0.529. The van der Waals surface area contributed by atoms with Crippen molar-refractivity contribution in [2.75, 3.05) is 6.61 Å². The Hall–Kier alpha value is 0.0700. The first-order chi connectivity index (χ1) is 9.02. The Morgan fingerprint density at radius 2 is 2.00 bits per heavy atom. The van der Waals surface area contributed by atoms with Gasteiger partial charge in [-0.3, -0.25) is 0 Å². The molecule has 19 heavy (non-hydrogen) atoms. The largest absolute Gasteiger partial charge is 0.492 e. The van der Waals surface area contributed by atoms with Gasteiger partial charge in [0.05, 0.1) is 20.8 Å². The highest BCUT2D eigenvalue weighted by Crippen LogP contribution is 2.41. The van der Waals surface area contributed by atoms with Crippen LogP contribution in [0.4, 0.5) is 0 Å². The molecule has 0 saturated carbocycles. The minimum absolute atomic E-state index is 0.322. The minimum atomic E-state index is -0.322. The lowest BCUT2D eigenvalue weighted by atomic mass is 10.1. The van der Waals surface area contributed by atoms with Crippen molar-refractivity contribution in [1.82, 2.24) is 0 Å². The molecular formula is C13H10BrCl3OS. The van der Waals surface area contributed by atoms with Gasteiger partial charge in [0.15, 0.2) is 0 Å². The summed E-state index contributed by atoms with van der Waals surface area (Å²) in [7, 11) is 0. The third-order valence-corrected chi connectivity index (χ3v) is 5.38. The van der Waals surface area contributed by atoms with Crippen LogP contribution in [-0.4, -0.2) is 6.61 Å². The molecule has 2 aromatic rings. The molecular weight excluding hydrogens is 390 g/mol. The predicted octanol–water partition coefficient (Wildman–Crippen LogP) is 6.54. The second-order valence-corrected chi connectivity index (χ2v) is 7.49. The fraction of sp³-hybridized carbons (Fsp3) is 0.231. The van der Waals surface area contributed by atoms with E-state index in [9.17, 15) is 0 Å². The molecule has 1 heterocycles. The van der Waals surface area contributed by atoms with Crippen LogP contribution in [-0.2, 0) is 0 Å². The molecule has 6 heteroatoms. The molecule has 102 valence electrons. The molecule has 1 unspecified atom stereocenters. The van der Waals surface area contributed by atoms with E-state index in [2.05, 4.69) is 15.9 Å². The highest BCUT2D eigenvalue weighted by molar-refractivity contribution is 9.11. The molecule has 0 aliphatic heterocycles. The fourth-order valence-corrected chi connectivity index (χ4v) is 3.97. The first-order valence-corrected chi connectivity index (χ1v) is 8.34. The van der Waals surface area contributed by atoms with Gasteiger partial charge in [-0.05, 0) is 46.6 Å². The van der Waals surface area contributed by atoms with Gasteiger partial charge in [-0.25, -0.2) is 0 Å². The van der Waals surface area contributed by atoms with Crippen molar-refractivity contribution in [3.63, 3.8) is 0 Å². The fourth-order valence-electron chi connectivity index (χ4n) is 1.62. The maximum Gasteiger partial charge on any atom is 0.139 e. The number of benzene rings is 1. The standard InChI is InChI=1S/C13H10BrCl3OS/c1-2-18-10-6-8(15)7(5-9(10)16)13(17)11-3-4-12(14)19-11/h3-6,13H,2H2,1H3. The SMILES string of the molecule is CCOc1cc(Cl)c(C(Cl)c2ccc(Br)s2)cc1Cl. The molecule has 2 rings (SSSR count). The maximum absolute atomic E-state index is 6.46. The van der Waals surface area contributed by atoms with Crippen LogP contribution < -0.4 is 4.74 Å². The summed E-state index contributed by atoms with van der Waals surface area (Å²) in [6.07, 6.45) is 0. The van der Waals surface area contributed by atoms with E-state index >= 15 is 0 Å². The molecule has 1 aromatic heterocycles. The third-order valence-electron chi connectivity index (χ3n) is 2.47. The van der Waals surface area contributed by atoms with Crippen molar-refractivity contribution in [3.8, 4) is 5.75 Å². The Morgan fingerprint density at radius 1 is 1.26 bits per heavy atom. The van der Waals surface area contributed by atoms with Crippen molar-refractivity contribution >= 4 is 62.1 Å². The second-order valence-electron chi connectivity index (χ2n) is 3.74. The summed E-state index contributed by atoms with van der Waals surface area (Å²) in [4.78, 5) is 1.01. The number of alkyl halides is 1. The molecule has 0 saturated heterocycles. The monoisotopic (exact) mass is 398 g/mol. The van der Waals surface area contributed by atoms with Gasteiger partial charge in [-0.2, -0.15) is 0 Å². The van der Waals surface area contributed by atoms with Crippen LogP contribution >= 0.6 is 62.1 Å². The molecule has 0 bridgehead atoms. The molecule has 1 atom stereocenters. The highest BCUT2D eigenvalue weighted by Gasteiger charge is 2.18. The first kappa shape index (κ1) is 15.5. The van der Waals surface area contributed by atoms with Gasteiger partial charge in [0, 0.05) is 16.0 Å². The van der Waals surface area contributed by atoms with Crippen LogP contribution in [0.5, 0.6) is 5.75 Å². The average Bonchev–Trinajstić information content (AvgIpc) is 2.79. The van der Waals surface area contributed by atoms with Crippen molar-refractivity contribution < 1.29 is 4.74 Å². The number of thiophene rings is 1. The van der Waals surface area contributed by atoms with Gasteiger partial charge in [-0.1, -0.05) is 23.2 Å². The molecule has 0 aliphatic rings. The lowest BCUT2D eigenvalue weighted by Crippen LogP contribution is -1.96. The molecule has 0 spiro atoms. The summed E-state index contributed by atoms with van der Waals surface area (Å²) < 4.78 is 6.43. The molecule has 0 fully saturated rings. The highest BCUT2D eigenvalue weighted by atomic mass is 79.9. The Kier molecular flexibility index (Phi) is 5.44. The van der Waals surface area contributed by atoms with Gasteiger partial charge in [0.1, 0.15) is 5.75 Å². The Labute approximate surface area is 139 Å². The second kappa shape index (κ2) is 6.68. The summed E-state index contributed by atoms with van der Waals surface area (Å²) >= 11 is 23.9. The average molecular weight is 401 g/mol. The Balaban J connectivity index is 2.37. The van der Waals surface area contributed by atoms with E-state index in [1.54, 1.807) is 23.5 Å². The van der Waals surface area contributed by atoms with Crippen LogP contribution in [0.2, 0.25) is 10.0 Å². The van der Waals surface area contributed by atoms with Gasteiger partial charge in [0.25, 0.3) is 0 Å². The zero-order valence-corrected chi connectivity index (χ0v) is 14.6. The van der Waals surface area contributed by atoms with E-state index in [-0.39, 0.29) is 5.38 Å². The number of hydrogen-bond donors (Lipinski definition) is 0. The van der Waals surface area contributed by atoms with Gasteiger partial charge in [-0.15, -0.1) is 22.9 Å². The number of rotatable bonds is 4. The summed E-state index contributed by atoms with van der Waals surface area (Å²) in [5, 5.41) is 0.747. The lowest BCUT2D eigenvalue weighted by molar-refractivity contribution is 0.340. The smallest absolute Gasteiger partial charge is 0.139 e. The summed E-state index contributed by atoms with van der Waals surface area (Å²) in [5.74, 6) is 0.578. The Morgan fingerprint density at radius 3 is 2.58 bits per heavy atom. The van der Waals surface area contributed by atoms with Crippen molar-refractivity contribution in [2.24, 2.45) is 0 Å². The van der Waals surface area contributed by atoms with E-state index in [4.69, 9.17) is 39.5 Å². The van der Waals surface area contributed by atoms with Crippen LogP contribution in [0, 0.1) is 0 Å². The topological polar surface area (TPSA) is 9.23 Å². The van der Waals surface area contributed by atoms with Gasteiger partial charge >= 0.3 is 0 Å². The van der Waals surface area contributed by atoms with E-state index in [0.29, 0.717) is 22.4 Å².